The number of hydrogen-bond donors (Lipinski definition) is 3. The maximum atomic E-state index is 12.1. The number of hydrogen-bond acceptors (Lipinski definition) is 5. The maximum Gasteiger partial charge on any atom is 0.329 e. The molecule has 0 radical (unpaired) electrons. The first-order chi connectivity index (χ1) is 15.8. The number of nitrogens with one attached hydrogen (secondary N) is 2. The monoisotopic (exact) mass is 462 g/mol. The van der Waals surface area contributed by atoms with Crippen molar-refractivity contribution in [3.63, 3.8) is 0 Å². The van der Waals surface area contributed by atoms with Gasteiger partial charge in [-0.3, -0.25) is 19.1 Å². The predicted molar refractivity (Wildman–Crippen MR) is 132 cm³/mol. The second kappa shape index (κ2) is 13.3. The van der Waals surface area contributed by atoms with E-state index in [0.29, 0.717) is 17.7 Å². The van der Waals surface area contributed by atoms with Crippen LogP contribution in [-0.2, 0) is 25.3 Å². The van der Waals surface area contributed by atoms with E-state index in [2.05, 4.69) is 22.2 Å². The lowest BCUT2D eigenvalue weighted by Gasteiger charge is -2.17. The molecule has 33 heavy (non-hydrogen) atoms. The molecule has 0 spiro atoms. The summed E-state index contributed by atoms with van der Waals surface area (Å²) >= 11 is 0. The summed E-state index contributed by atoms with van der Waals surface area (Å²) < 4.78 is 3.18. The Hall–Kier alpha value is -2.42. The van der Waals surface area contributed by atoms with E-state index in [9.17, 15) is 14.4 Å². The third kappa shape index (κ3) is 7.55. The topological polar surface area (TPSA) is 128 Å². The van der Waals surface area contributed by atoms with Crippen molar-refractivity contribution in [1.82, 2.24) is 24.4 Å². The van der Waals surface area contributed by atoms with Crippen LogP contribution in [-0.4, -0.2) is 37.6 Å². The SMILES string of the molecule is CCC(C)C(N)C(=O)NCCCCCCCCCCCc1nc2c(c(=O)[nH]c(=O)n2C)n1C. The van der Waals surface area contributed by atoms with E-state index < -0.39 is 11.7 Å². The van der Waals surface area contributed by atoms with Gasteiger partial charge >= 0.3 is 5.69 Å². The average Bonchev–Trinajstić information content (AvgIpc) is 3.13. The summed E-state index contributed by atoms with van der Waals surface area (Å²) in [5.41, 5.74) is 6.01. The molecule has 4 N–H and O–H groups in total. The zero-order chi connectivity index (χ0) is 24.4. The normalized spacial score (nSPS) is 13.4. The number of unbranched alkanes of at least 4 members (excludes halogenated alkanes) is 8. The van der Waals surface area contributed by atoms with Gasteiger partial charge in [0, 0.05) is 27.1 Å². The van der Waals surface area contributed by atoms with Crippen molar-refractivity contribution in [2.75, 3.05) is 6.54 Å². The Morgan fingerprint density at radius 2 is 1.58 bits per heavy atom. The van der Waals surface area contributed by atoms with E-state index in [4.69, 9.17) is 5.73 Å². The minimum Gasteiger partial charge on any atom is -0.355 e. The summed E-state index contributed by atoms with van der Waals surface area (Å²) in [6.45, 7) is 4.77. The minimum atomic E-state index is -0.437. The average molecular weight is 463 g/mol. The fourth-order valence-electron chi connectivity index (χ4n) is 4.06. The largest absolute Gasteiger partial charge is 0.355 e. The van der Waals surface area contributed by atoms with E-state index in [1.54, 1.807) is 11.6 Å². The van der Waals surface area contributed by atoms with Crippen molar-refractivity contribution in [3.8, 4) is 0 Å². The van der Waals surface area contributed by atoms with Crippen LogP contribution < -0.4 is 22.3 Å². The fraction of sp³-hybridized carbons (Fsp3) is 0.750. The van der Waals surface area contributed by atoms with Crippen molar-refractivity contribution in [2.24, 2.45) is 25.7 Å². The summed E-state index contributed by atoms with van der Waals surface area (Å²) in [5, 5.41) is 2.95. The third-order valence-corrected chi connectivity index (χ3v) is 6.66. The lowest BCUT2D eigenvalue weighted by molar-refractivity contribution is -0.123. The van der Waals surface area contributed by atoms with Crippen LogP contribution >= 0.6 is 0 Å². The van der Waals surface area contributed by atoms with Crippen LogP contribution in [0.3, 0.4) is 0 Å². The summed E-state index contributed by atoms with van der Waals surface area (Å²) in [4.78, 5) is 42.6. The van der Waals surface area contributed by atoms with E-state index >= 15 is 0 Å². The molecule has 9 heteroatoms. The molecule has 9 nitrogen and oxygen atoms in total. The van der Waals surface area contributed by atoms with Gasteiger partial charge in [0.05, 0.1) is 6.04 Å². The number of nitrogens with two attached hydrogens (primary N) is 1. The van der Waals surface area contributed by atoms with Gasteiger partial charge in [-0.1, -0.05) is 65.2 Å². The number of carbonyl (C=O) groups is 1. The highest BCUT2D eigenvalue weighted by molar-refractivity contribution is 5.81. The summed E-state index contributed by atoms with van der Waals surface area (Å²) in [6.07, 6.45) is 12.0. The zero-order valence-corrected chi connectivity index (χ0v) is 20.8. The van der Waals surface area contributed by atoms with Crippen LogP contribution in [0, 0.1) is 5.92 Å². The summed E-state index contributed by atoms with van der Waals surface area (Å²) in [5.74, 6) is 1.03. The number of aryl methyl sites for hydroxylation is 3. The Labute approximate surface area is 196 Å². The van der Waals surface area contributed by atoms with Crippen LogP contribution in [0.5, 0.6) is 0 Å². The quantitative estimate of drug-likeness (QED) is 0.350. The summed E-state index contributed by atoms with van der Waals surface area (Å²) in [6, 6.07) is -0.400. The number of amides is 1. The predicted octanol–water partition coefficient (Wildman–Crippen LogP) is 2.50. The molecule has 2 aromatic heterocycles. The van der Waals surface area contributed by atoms with Gasteiger partial charge < -0.3 is 15.6 Å². The van der Waals surface area contributed by atoms with Gasteiger partial charge in [-0.2, -0.15) is 0 Å². The Morgan fingerprint density at radius 3 is 2.18 bits per heavy atom. The molecular formula is C24H42N6O3. The van der Waals surface area contributed by atoms with E-state index in [1.165, 1.54) is 36.7 Å². The molecule has 2 aromatic rings. The molecule has 2 heterocycles. The van der Waals surface area contributed by atoms with Crippen molar-refractivity contribution in [2.45, 2.75) is 90.5 Å². The number of rotatable bonds is 15. The maximum absolute atomic E-state index is 12.1. The Kier molecular flexibility index (Phi) is 10.8. The molecule has 2 atom stereocenters. The highest BCUT2D eigenvalue weighted by Gasteiger charge is 2.18. The lowest BCUT2D eigenvalue weighted by atomic mass is 9.99. The number of fused-ring (bicyclic) bond motifs is 1. The molecular weight excluding hydrogens is 420 g/mol. The molecule has 0 saturated carbocycles. The van der Waals surface area contributed by atoms with Crippen molar-refractivity contribution >= 4 is 17.1 Å². The fourth-order valence-corrected chi connectivity index (χ4v) is 4.06. The molecule has 0 aromatic carbocycles. The smallest absolute Gasteiger partial charge is 0.329 e. The first-order valence-electron chi connectivity index (χ1n) is 12.5. The Morgan fingerprint density at radius 1 is 1.00 bits per heavy atom. The first kappa shape index (κ1) is 26.8. The van der Waals surface area contributed by atoms with Crippen LogP contribution in [0.4, 0.5) is 0 Å². The number of aromatic amines is 1. The lowest BCUT2D eigenvalue weighted by Crippen LogP contribution is -2.44. The Bertz CT molecular complexity index is 1010. The first-order valence-corrected chi connectivity index (χ1v) is 12.5. The molecule has 2 rings (SSSR count). The van der Waals surface area contributed by atoms with Crippen LogP contribution in [0.25, 0.3) is 11.2 Å². The minimum absolute atomic E-state index is 0.0289. The molecule has 0 aliphatic heterocycles. The van der Waals surface area contributed by atoms with Crippen molar-refractivity contribution in [1.29, 1.82) is 0 Å². The molecule has 0 bridgehead atoms. The van der Waals surface area contributed by atoms with E-state index in [-0.39, 0.29) is 17.4 Å². The van der Waals surface area contributed by atoms with Gasteiger partial charge in [-0.25, -0.2) is 9.78 Å². The summed E-state index contributed by atoms with van der Waals surface area (Å²) in [7, 11) is 3.45. The van der Waals surface area contributed by atoms with Gasteiger partial charge in [0.25, 0.3) is 5.56 Å². The van der Waals surface area contributed by atoms with Crippen LogP contribution in [0.2, 0.25) is 0 Å². The van der Waals surface area contributed by atoms with E-state index in [0.717, 1.165) is 44.3 Å². The van der Waals surface area contributed by atoms with Crippen molar-refractivity contribution < 1.29 is 4.79 Å². The Balaban J connectivity index is 1.53. The molecule has 0 aliphatic rings. The molecule has 0 saturated heterocycles. The van der Waals surface area contributed by atoms with Gasteiger partial charge in [-0.05, 0) is 18.8 Å². The number of aromatic nitrogens is 4. The van der Waals surface area contributed by atoms with E-state index in [1.807, 2.05) is 14.0 Å². The van der Waals surface area contributed by atoms with Gasteiger partial charge in [0.1, 0.15) is 5.82 Å². The highest BCUT2D eigenvalue weighted by Crippen LogP contribution is 2.14. The molecule has 0 aliphatic carbocycles. The highest BCUT2D eigenvalue weighted by atomic mass is 16.2. The van der Waals surface area contributed by atoms with Crippen molar-refractivity contribution in [3.05, 3.63) is 26.7 Å². The van der Waals surface area contributed by atoms with Crippen LogP contribution in [0.15, 0.2) is 9.59 Å². The molecule has 0 fully saturated rings. The number of imidazole rings is 1. The van der Waals surface area contributed by atoms with Crippen LogP contribution in [0.1, 0.15) is 83.9 Å². The second-order valence-electron chi connectivity index (χ2n) is 9.21. The number of H-pyrrole nitrogens is 1. The third-order valence-electron chi connectivity index (χ3n) is 6.66. The van der Waals surface area contributed by atoms with Gasteiger partial charge in [0.2, 0.25) is 5.91 Å². The van der Waals surface area contributed by atoms with Gasteiger partial charge in [0.15, 0.2) is 11.2 Å². The zero-order valence-electron chi connectivity index (χ0n) is 20.8. The molecule has 2 unspecified atom stereocenters. The second-order valence-corrected chi connectivity index (χ2v) is 9.21. The number of nitrogens with zero attached hydrogens (tertiary/aromatic N) is 3. The standard InChI is InChI=1S/C24H42N6O3/c1-5-17(2)19(25)22(31)26-16-14-12-10-8-6-7-9-11-13-15-18-27-21-20(29(18)3)23(32)28-24(33)30(21)4/h17,19H,5-16,25H2,1-4H3,(H,26,31)(H,28,32,33). The molecule has 186 valence electrons. The number of carbonyl (C=O) groups excluding carboxylic acids is 1. The molecule has 1 amide bonds. The van der Waals surface area contributed by atoms with Gasteiger partial charge in [-0.15, -0.1) is 0 Å².